The standard InChI is InChI=1S/C30H46O4/c1-25(2)21-8-11-30(7)23(28(21,5)10-9-22(25)32)20(31)16-18-19-17-27(4,24(33)34)13-12-26(19,3)14-15-29(18,30)6/h16,19-21,23,31H,8-15,17H2,1-7H3,(H,33,34)/t19-,20+,21+,23+,26+,27-,28-,29+,30+/m0/s1. The van der Waals surface area contributed by atoms with Crippen molar-refractivity contribution < 1.29 is 19.8 Å². The fraction of sp³-hybridized carbons (Fsp3) is 0.867. The van der Waals surface area contributed by atoms with Gasteiger partial charge in [0.15, 0.2) is 0 Å². The third kappa shape index (κ3) is 2.81. The molecule has 0 aliphatic heterocycles. The van der Waals surface area contributed by atoms with Crippen LogP contribution in [0.15, 0.2) is 11.6 Å². The molecule has 4 nitrogen and oxygen atoms in total. The second-order valence-electron chi connectivity index (χ2n) is 14.9. The zero-order chi connectivity index (χ0) is 25.1. The third-order valence-corrected chi connectivity index (χ3v) is 13.0. The maximum absolute atomic E-state index is 12.9. The molecule has 0 saturated heterocycles. The van der Waals surface area contributed by atoms with E-state index in [4.69, 9.17) is 0 Å². The monoisotopic (exact) mass is 470 g/mol. The number of carboxylic acid groups (broad SMARTS) is 1. The third-order valence-electron chi connectivity index (χ3n) is 13.0. The van der Waals surface area contributed by atoms with Crippen molar-refractivity contribution in [3.05, 3.63) is 11.6 Å². The highest BCUT2D eigenvalue weighted by Crippen LogP contribution is 2.75. The highest BCUT2D eigenvalue weighted by Gasteiger charge is 2.70. The van der Waals surface area contributed by atoms with Crippen molar-refractivity contribution in [2.45, 2.75) is 112 Å². The molecule has 2 N–H and O–H groups in total. The number of hydrogen-bond donors (Lipinski definition) is 2. The molecule has 4 saturated carbocycles. The van der Waals surface area contributed by atoms with Crippen LogP contribution < -0.4 is 0 Å². The Labute approximate surface area is 206 Å². The minimum Gasteiger partial charge on any atom is -0.481 e. The summed E-state index contributed by atoms with van der Waals surface area (Å²) in [6.45, 7) is 15.8. The molecule has 5 aliphatic carbocycles. The van der Waals surface area contributed by atoms with Crippen molar-refractivity contribution in [2.75, 3.05) is 0 Å². The molecule has 9 atom stereocenters. The van der Waals surface area contributed by atoms with E-state index in [0.29, 0.717) is 24.5 Å². The van der Waals surface area contributed by atoms with Gasteiger partial charge in [0.25, 0.3) is 0 Å². The first-order valence-corrected chi connectivity index (χ1v) is 13.7. The first-order chi connectivity index (χ1) is 15.6. The second kappa shape index (κ2) is 6.99. The van der Waals surface area contributed by atoms with Crippen molar-refractivity contribution in [3.8, 4) is 0 Å². The van der Waals surface area contributed by atoms with E-state index in [0.717, 1.165) is 44.9 Å². The first kappa shape index (κ1) is 24.5. The Bertz CT molecular complexity index is 965. The number of carbonyl (C=O) groups excluding carboxylic acids is 1. The van der Waals surface area contributed by atoms with Gasteiger partial charge < -0.3 is 10.2 Å². The molecule has 0 aromatic rings. The zero-order valence-electron chi connectivity index (χ0n) is 22.5. The van der Waals surface area contributed by atoms with Gasteiger partial charge in [-0.2, -0.15) is 0 Å². The highest BCUT2D eigenvalue weighted by atomic mass is 16.4. The molecule has 0 amide bonds. The number of aliphatic hydroxyl groups excluding tert-OH is 1. The molecule has 190 valence electrons. The van der Waals surface area contributed by atoms with E-state index in [1.54, 1.807) is 0 Å². The summed E-state index contributed by atoms with van der Waals surface area (Å²) in [5.74, 6) is 0.341. The van der Waals surface area contributed by atoms with E-state index >= 15 is 0 Å². The molecule has 0 aromatic carbocycles. The molecule has 4 heteroatoms. The Hall–Kier alpha value is -1.16. The number of aliphatic hydroxyl groups is 1. The molecular weight excluding hydrogens is 424 g/mol. The summed E-state index contributed by atoms with van der Waals surface area (Å²) in [6.07, 6.45) is 9.80. The van der Waals surface area contributed by atoms with E-state index in [2.05, 4.69) is 47.6 Å². The van der Waals surface area contributed by atoms with Crippen molar-refractivity contribution in [1.82, 2.24) is 0 Å². The van der Waals surface area contributed by atoms with E-state index < -0.39 is 17.5 Å². The Morgan fingerprint density at radius 2 is 1.59 bits per heavy atom. The lowest BCUT2D eigenvalue weighted by atomic mass is 9.33. The maximum atomic E-state index is 12.9. The van der Waals surface area contributed by atoms with Gasteiger partial charge in [0.2, 0.25) is 0 Å². The van der Waals surface area contributed by atoms with Crippen LogP contribution in [-0.2, 0) is 9.59 Å². The lowest BCUT2D eigenvalue weighted by Crippen LogP contribution is -2.67. The normalized spacial score (nSPS) is 54.1. The number of Topliss-reactive ketones (excluding diaryl/α,β-unsaturated/α-hetero) is 1. The van der Waals surface area contributed by atoms with E-state index in [9.17, 15) is 19.8 Å². The quantitative estimate of drug-likeness (QED) is 0.434. The van der Waals surface area contributed by atoms with E-state index in [1.165, 1.54) is 5.57 Å². The van der Waals surface area contributed by atoms with Crippen molar-refractivity contribution in [2.24, 2.45) is 50.2 Å². The van der Waals surface area contributed by atoms with Crippen LogP contribution in [0.5, 0.6) is 0 Å². The van der Waals surface area contributed by atoms with Gasteiger partial charge in [0, 0.05) is 17.8 Å². The number of carboxylic acids is 1. The van der Waals surface area contributed by atoms with Gasteiger partial charge in [-0.15, -0.1) is 0 Å². The van der Waals surface area contributed by atoms with Crippen LogP contribution in [0.1, 0.15) is 106 Å². The van der Waals surface area contributed by atoms with Gasteiger partial charge in [0.05, 0.1) is 11.5 Å². The average molecular weight is 471 g/mol. The number of carbonyl (C=O) groups is 2. The van der Waals surface area contributed by atoms with Crippen molar-refractivity contribution in [1.29, 1.82) is 0 Å². The van der Waals surface area contributed by atoms with Gasteiger partial charge in [-0.1, -0.05) is 53.2 Å². The molecule has 0 aromatic heterocycles. The first-order valence-electron chi connectivity index (χ1n) is 13.7. The minimum atomic E-state index is -0.691. The van der Waals surface area contributed by atoms with Crippen LogP contribution in [0.4, 0.5) is 0 Å². The molecule has 0 heterocycles. The summed E-state index contributed by atoms with van der Waals surface area (Å²) >= 11 is 0. The van der Waals surface area contributed by atoms with Crippen molar-refractivity contribution in [3.63, 3.8) is 0 Å². The summed E-state index contributed by atoms with van der Waals surface area (Å²) in [5, 5.41) is 22.0. The Morgan fingerprint density at radius 1 is 0.941 bits per heavy atom. The molecule has 0 unspecified atom stereocenters. The molecule has 34 heavy (non-hydrogen) atoms. The van der Waals surface area contributed by atoms with Gasteiger partial charge in [-0.3, -0.25) is 9.59 Å². The SMILES string of the molecule is CC1(C)C(=O)CC[C@@]2(C)[C@@H]1CC[C@]1(C)[C@@H]2[C@H](O)C=C2[C@@H]3C[C@@](C)(C(=O)O)CC[C@]3(C)CC[C@]21C. The van der Waals surface area contributed by atoms with Crippen molar-refractivity contribution >= 4 is 11.8 Å². The maximum Gasteiger partial charge on any atom is 0.309 e. The summed E-state index contributed by atoms with van der Waals surface area (Å²) in [4.78, 5) is 25.2. The zero-order valence-corrected chi connectivity index (χ0v) is 22.5. The Balaban J connectivity index is 1.62. The lowest BCUT2D eigenvalue weighted by molar-refractivity contribution is -0.206. The fourth-order valence-electron chi connectivity index (χ4n) is 10.4. The smallest absolute Gasteiger partial charge is 0.309 e. The largest absolute Gasteiger partial charge is 0.481 e. The molecular formula is C30H46O4. The summed E-state index contributed by atoms with van der Waals surface area (Å²) in [6, 6.07) is 0. The molecule has 0 bridgehead atoms. The molecule has 4 fully saturated rings. The van der Waals surface area contributed by atoms with Crippen LogP contribution in [0.25, 0.3) is 0 Å². The Morgan fingerprint density at radius 3 is 2.24 bits per heavy atom. The van der Waals surface area contributed by atoms with Crippen LogP contribution in [0.2, 0.25) is 0 Å². The highest BCUT2D eigenvalue weighted by molar-refractivity contribution is 5.85. The van der Waals surface area contributed by atoms with Crippen LogP contribution in [-0.4, -0.2) is 28.1 Å². The molecule has 5 aliphatic rings. The summed E-state index contributed by atoms with van der Waals surface area (Å²) in [7, 11) is 0. The number of ketones is 1. The number of hydrogen-bond acceptors (Lipinski definition) is 3. The summed E-state index contributed by atoms with van der Waals surface area (Å²) < 4.78 is 0. The minimum absolute atomic E-state index is 0.0442. The molecule has 0 spiro atoms. The van der Waals surface area contributed by atoms with E-state index in [1.807, 2.05) is 6.92 Å². The van der Waals surface area contributed by atoms with Crippen LogP contribution >= 0.6 is 0 Å². The van der Waals surface area contributed by atoms with E-state index in [-0.39, 0.29) is 38.9 Å². The van der Waals surface area contributed by atoms with Gasteiger partial charge >= 0.3 is 5.97 Å². The fourth-order valence-corrected chi connectivity index (χ4v) is 10.4. The molecule has 5 rings (SSSR count). The lowest BCUT2D eigenvalue weighted by Gasteiger charge is -2.71. The topological polar surface area (TPSA) is 74.6 Å². The van der Waals surface area contributed by atoms with Gasteiger partial charge in [-0.25, -0.2) is 0 Å². The average Bonchev–Trinajstić information content (AvgIpc) is 2.73. The van der Waals surface area contributed by atoms with Crippen LogP contribution in [0, 0.1) is 50.2 Å². The predicted octanol–water partition coefficient (Wildman–Crippen LogP) is 6.41. The number of allylic oxidation sites excluding steroid dienone is 1. The Kier molecular flexibility index (Phi) is 5.04. The number of aliphatic carboxylic acids is 1. The van der Waals surface area contributed by atoms with Gasteiger partial charge in [-0.05, 0) is 91.8 Å². The van der Waals surface area contributed by atoms with Gasteiger partial charge in [0.1, 0.15) is 5.78 Å². The van der Waals surface area contributed by atoms with Crippen LogP contribution in [0.3, 0.4) is 0 Å². The number of rotatable bonds is 1. The second-order valence-corrected chi connectivity index (χ2v) is 14.9. The number of fused-ring (bicyclic) bond motifs is 7. The molecule has 0 radical (unpaired) electrons. The predicted molar refractivity (Wildman–Crippen MR) is 133 cm³/mol. The summed E-state index contributed by atoms with van der Waals surface area (Å²) in [5.41, 5.74) is 0.267.